The van der Waals surface area contributed by atoms with Gasteiger partial charge in [-0.25, -0.2) is 0 Å². The van der Waals surface area contributed by atoms with Crippen molar-refractivity contribution in [1.82, 2.24) is 0 Å². The van der Waals surface area contributed by atoms with Crippen molar-refractivity contribution >= 4 is 37.6 Å². The number of carbonyl (C=O) groups excluding carboxylic acids is 1. The average molecular weight is 346 g/mol. The molecule has 1 nitrogen and oxygen atoms in total. The van der Waals surface area contributed by atoms with Gasteiger partial charge in [0.05, 0.1) is 0 Å². The number of ketones is 1. The first kappa shape index (κ1) is 12.7. The number of hydrogen-bond acceptors (Lipinski definition) is 1. The van der Waals surface area contributed by atoms with Crippen LogP contribution in [-0.4, -0.2) is 12.0 Å². The molecule has 0 saturated heterocycles. The fraction of sp³-hybridized carbons (Fsp3) is 0.222. The SMILES string of the molecule is O=C(CC(F)(F)F)c1cc(Br)cc(Br)c1. The predicted octanol–water partition coefficient (Wildman–Crippen LogP) is 4.35. The molecule has 0 amide bonds. The van der Waals surface area contributed by atoms with Gasteiger partial charge < -0.3 is 0 Å². The third-order valence-corrected chi connectivity index (χ3v) is 2.46. The van der Waals surface area contributed by atoms with Crippen molar-refractivity contribution in [2.45, 2.75) is 12.6 Å². The fourth-order valence-corrected chi connectivity index (χ4v) is 2.29. The summed E-state index contributed by atoms with van der Waals surface area (Å²) in [6, 6.07) is 4.36. The van der Waals surface area contributed by atoms with Crippen molar-refractivity contribution in [3.63, 3.8) is 0 Å². The molecular weight excluding hydrogens is 341 g/mol. The van der Waals surface area contributed by atoms with Crippen LogP contribution in [0.15, 0.2) is 27.1 Å². The monoisotopic (exact) mass is 344 g/mol. The number of hydrogen-bond donors (Lipinski definition) is 0. The minimum Gasteiger partial charge on any atom is -0.294 e. The Morgan fingerprint density at radius 2 is 1.60 bits per heavy atom. The van der Waals surface area contributed by atoms with Crippen LogP contribution < -0.4 is 0 Å². The maximum Gasteiger partial charge on any atom is 0.396 e. The highest BCUT2D eigenvalue weighted by Gasteiger charge is 2.31. The molecule has 0 fully saturated rings. The van der Waals surface area contributed by atoms with Gasteiger partial charge in [-0.1, -0.05) is 31.9 Å². The molecule has 1 aromatic rings. The lowest BCUT2D eigenvalue weighted by molar-refractivity contribution is -0.125. The molecule has 82 valence electrons. The van der Waals surface area contributed by atoms with Crippen molar-refractivity contribution in [3.8, 4) is 0 Å². The fourth-order valence-electron chi connectivity index (χ4n) is 0.999. The maximum absolute atomic E-state index is 11.9. The zero-order chi connectivity index (χ0) is 11.6. The van der Waals surface area contributed by atoms with Crippen LogP contribution in [-0.2, 0) is 0 Å². The Labute approximate surface area is 101 Å². The smallest absolute Gasteiger partial charge is 0.294 e. The van der Waals surface area contributed by atoms with Gasteiger partial charge in [-0.2, -0.15) is 13.2 Å². The van der Waals surface area contributed by atoms with Crippen LogP contribution in [0.2, 0.25) is 0 Å². The highest BCUT2D eigenvalue weighted by molar-refractivity contribution is 9.11. The normalized spacial score (nSPS) is 11.5. The summed E-state index contributed by atoms with van der Waals surface area (Å²) in [5.74, 6) is -0.940. The van der Waals surface area contributed by atoms with Gasteiger partial charge in [0.2, 0.25) is 0 Å². The van der Waals surface area contributed by atoms with Crippen molar-refractivity contribution in [3.05, 3.63) is 32.7 Å². The van der Waals surface area contributed by atoms with Crippen molar-refractivity contribution < 1.29 is 18.0 Å². The summed E-state index contributed by atoms with van der Waals surface area (Å²) < 4.78 is 37.0. The van der Waals surface area contributed by atoms with Gasteiger partial charge in [-0.3, -0.25) is 4.79 Å². The third kappa shape index (κ3) is 4.34. The summed E-state index contributed by atoms with van der Waals surface area (Å²) in [6.07, 6.45) is -5.90. The second kappa shape index (κ2) is 4.65. The molecule has 0 aliphatic rings. The topological polar surface area (TPSA) is 17.1 Å². The molecule has 0 N–H and O–H groups in total. The second-order valence-electron chi connectivity index (χ2n) is 2.87. The molecule has 0 radical (unpaired) electrons. The minimum absolute atomic E-state index is 0.0357. The molecule has 1 aromatic carbocycles. The molecule has 0 aliphatic heterocycles. The number of halogens is 5. The predicted molar refractivity (Wildman–Crippen MR) is 56.8 cm³/mol. The molecule has 0 saturated carbocycles. The van der Waals surface area contributed by atoms with Gasteiger partial charge in [-0.05, 0) is 18.2 Å². The first-order valence-electron chi connectivity index (χ1n) is 3.84. The lowest BCUT2D eigenvalue weighted by Crippen LogP contribution is -2.14. The molecule has 0 heterocycles. The van der Waals surface area contributed by atoms with Crippen molar-refractivity contribution in [2.75, 3.05) is 0 Å². The van der Waals surface area contributed by atoms with E-state index in [2.05, 4.69) is 31.9 Å². The molecule has 0 unspecified atom stereocenters. The molecule has 0 aromatic heterocycles. The maximum atomic E-state index is 11.9. The Balaban J connectivity index is 2.92. The molecular formula is C9H5Br2F3O. The van der Waals surface area contributed by atoms with Gasteiger partial charge in [-0.15, -0.1) is 0 Å². The molecule has 15 heavy (non-hydrogen) atoms. The van der Waals surface area contributed by atoms with Crippen LogP contribution in [0.5, 0.6) is 0 Å². The number of carbonyl (C=O) groups is 1. The van der Waals surface area contributed by atoms with E-state index >= 15 is 0 Å². The van der Waals surface area contributed by atoms with Gasteiger partial charge >= 0.3 is 6.18 Å². The molecule has 6 heteroatoms. The Morgan fingerprint density at radius 3 is 2.00 bits per heavy atom. The van der Waals surface area contributed by atoms with Crippen LogP contribution in [0, 0.1) is 0 Å². The van der Waals surface area contributed by atoms with E-state index in [1.165, 1.54) is 12.1 Å². The first-order chi connectivity index (χ1) is 6.78. The molecule has 1 rings (SSSR count). The standard InChI is InChI=1S/C9H5Br2F3O/c10-6-1-5(2-7(11)3-6)8(15)4-9(12,13)14/h1-3H,4H2. The van der Waals surface area contributed by atoms with E-state index in [0.717, 1.165) is 0 Å². The summed E-state index contributed by atoms with van der Waals surface area (Å²) in [7, 11) is 0. The lowest BCUT2D eigenvalue weighted by Gasteiger charge is -2.06. The van der Waals surface area contributed by atoms with Gasteiger partial charge in [0.1, 0.15) is 6.42 Å². The highest BCUT2D eigenvalue weighted by atomic mass is 79.9. The largest absolute Gasteiger partial charge is 0.396 e. The van der Waals surface area contributed by atoms with Crippen molar-refractivity contribution in [2.24, 2.45) is 0 Å². The van der Waals surface area contributed by atoms with E-state index in [0.29, 0.717) is 8.95 Å². The van der Waals surface area contributed by atoms with E-state index in [4.69, 9.17) is 0 Å². The van der Waals surface area contributed by atoms with Crippen LogP contribution in [0.1, 0.15) is 16.8 Å². The van der Waals surface area contributed by atoms with Crippen molar-refractivity contribution in [1.29, 1.82) is 0 Å². The zero-order valence-corrected chi connectivity index (χ0v) is 10.4. The number of alkyl halides is 3. The summed E-state index contributed by atoms with van der Waals surface area (Å²) in [5, 5.41) is 0. The van der Waals surface area contributed by atoms with E-state index < -0.39 is 18.4 Å². The van der Waals surface area contributed by atoms with Crippen LogP contribution in [0.25, 0.3) is 0 Å². The molecule has 0 aliphatic carbocycles. The quantitative estimate of drug-likeness (QED) is 0.728. The van der Waals surface area contributed by atoms with E-state index in [1.54, 1.807) is 6.07 Å². The highest BCUT2D eigenvalue weighted by Crippen LogP contribution is 2.25. The summed E-state index contributed by atoms with van der Waals surface area (Å²) >= 11 is 6.19. The van der Waals surface area contributed by atoms with Crippen LogP contribution in [0.3, 0.4) is 0 Å². The molecule has 0 bridgehead atoms. The number of rotatable bonds is 2. The first-order valence-corrected chi connectivity index (χ1v) is 5.42. The van der Waals surface area contributed by atoms with Gasteiger partial charge in [0, 0.05) is 14.5 Å². The molecule has 0 spiro atoms. The lowest BCUT2D eigenvalue weighted by atomic mass is 10.1. The van der Waals surface area contributed by atoms with Crippen LogP contribution >= 0.6 is 31.9 Å². The third-order valence-electron chi connectivity index (χ3n) is 1.55. The zero-order valence-electron chi connectivity index (χ0n) is 7.24. The Hall–Kier alpha value is -0.360. The summed E-state index contributed by atoms with van der Waals surface area (Å²) in [6.45, 7) is 0. The Bertz CT molecular complexity index is 367. The number of Topliss-reactive ketones (excluding diaryl/α,β-unsaturated/α-hetero) is 1. The summed E-state index contributed by atoms with van der Waals surface area (Å²) in [4.78, 5) is 11.2. The van der Waals surface area contributed by atoms with E-state index in [1.807, 2.05) is 0 Å². The van der Waals surface area contributed by atoms with Gasteiger partial charge in [0.15, 0.2) is 5.78 Å². The Morgan fingerprint density at radius 1 is 1.13 bits per heavy atom. The average Bonchev–Trinajstić information content (AvgIpc) is 1.98. The second-order valence-corrected chi connectivity index (χ2v) is 4.70. The van der Waals surface area contributed by atoms with E-state index in [9.17, 15) is 18.0 Å². The summed E-state index contributed by atoms with van der Waals surface area (Å²) in [5.41, 5.74) is 0.0357. The minimum atomic E-state index is -4.47. The molecule has 0 atom stereocenters. The van der Waals surface area contributed by atoms with Gasteiger partial charge in [0.25, 0.3) is 0 Å². The van der Waals surface area contributed by atoms with Crippen LogP contribution in [0.4, 0.5) is 13.2 Å². The number of benzene rings is 1. The Kier molecular flexibility index (Phi) is 3.94. The van der Waals surface area contributed by atoms with E-state index in [-0.39, 0.29) is 5.56 Å².